The molecule has 0 N–H and O–H groups in total. The molecule has 1 aromatic rings. The predicted octanol–water partition coefficient (Wildman–Crippen LogP) is 1.64. The van der Waals surface area contributed by atoms with E-state index >= 15 is 0 Å². The molecule has 25 heavy (non-hydrogen) atoms. The Bertz CT molecular complexity index is 645. The summed E-state index contributed by atoms with van der Waals surface area (Å²) >= 11 is 0. The Morgan fingerprint density at radius 1 is 1.28 bits per heavy atom. The van der Waals surface area contributed by atoms with Crippen molar-refractivity contribution in [3.8, 4) is 11.5 Å². The second kappa shape index (κ2) is 6.50. The summed E-state index contributed by atoms with van der Waals surface area (Å²) in [6.45, 7) is 4.21. The van der Waals surface area contributed by atoms with Gasteiger partial charge in [0.25, 0.3) is 5.91 Å². The summed E-state index contributed by atoms with van der Waals surface area (Å²) in [5, 5.41) is 0. The zero-order valence-corrected chi connectivity index (χ0v) is 15.0. The molecule has 1 aromatic carbocycles. The second-order valence-electron chi connectivity index (χ2n) is 7.65. The molecule has 3 aliphatic heterocycles. The molecule has 0 saturated carbocycles. The molecule has 1 atom stereocenters. The summed E-state index contributed by atoms with van der Waals surface area (Å²) in [5.41, 5.74) is 0.457. The fraction of sp³-hybridized carbons (Fsp3) is 0.632. The molecule has 4 rings (SSSR count). The molecule has 0 bridgehead atoms. The van der Waals surface area contributed by atoms with E-state index < -0.39 is 0 Å². The molecule has 0 unspecified atom stereocenters. The number of ether oxygens (including phenoxy) is 3. The molecular formula is C19H26N2O4. The molecule has 1 amide bonds. The molecule has 136 valence electrons. The third-order valence-electron chi connectivity index (χ3n) is 5.30. The van der Waals surface area contributed by atoms with Crippen molar-refractivity contribution in [1.29, 1.82) is 0 Å². The molecule has 6 heteroatoms. The van der Waals surface area contributed by atoms with Crippen LogP contribution in [0.1, 0.15) is 23.2 Å². The number of carbonyl (C=O) groups is 1. The Morgan fingerprint density at radius 2 is 2.08 bits per heavy atom. The van der Waals surface area contributed by atoms with E-state index in [0.29, 0.717) is 49.3 Å². The van der Waals surface area contributed by atoms with Gasteiger partial charge in [-0.05, 0) is 45.0 Å². The summed E-state index contributed by atoms with van der Waals surface area (Å²) in [5.74, 6) is 1.84. The number of benzene rings is 1. The van der Waals surface area contributed by atoms with Crippen LogP contribution in [-0.4, -0.2) is 74.9 Å². The Labute approximate surface area is 148 Å². The van der Waals surface area contributed by atoms with Crippen molar-refractivity contribution in [3.05, 3.63) is 23.8 Å². The standard InChI is InChI=1S/C19H26N2O4/c1-20(2)10-14-6-7-19(25-11-14)12-21(13-19)18(22)15-4-3-5-16-17(15)24-9-8-23-16/h3-5,14H,6-13H2,1-2H3/t14-/m0/s1. The second-order valence-corrected chi connectivity index (χ2v) is 7.65. The van der Waals surface area contributed by atoms with Crippen LogP contribution in [0.15, 0.2) is 18.2 Å². The Hall–Kier alpha value is -1.79. The van der Waals surface area contributed by atoms with Gasteiger partial charge in [0, 0.05) is 6.54 Å². The highest BCUT2D eigenvalue weighted by Gasteiger charge is 2.49. The first-order valence-corrected chi connectivity index (χ1v) is 9.03. The normalized spacial score (nSPS) is 24.3. The number of hydrogen-bond acceptors (Lipinski definition) is 5. The van der Waals surface area contributed by atoms with Crippen molar-refractivity contribution in [1.82, 2.24) is 9.80 Å². The van der Waals surface area contributed by atoms with E-state index in [9.17, 15) is 4.79 Å². The molecular weight excluding hydrogens is 320 g/mol. The average Bonchev–Trinajstić information content (AvgIpc) is 2.59. The maximum atomic E-state index is 12.9. The molecule has 6 nitrogen and oxygen atoms in total. The first kappa shape index (κ1) is 16.7. The van der Waals surface area contributed by atoms with Crippen molar-refractivity contribution < 1.29 is 19.0 Å². The van der Waals surface area contributed by atoms with Crippen LogP contribution in [0.25, 0.3) is 0 Å². The monoisotopic (exact) mass is 346 g/mol. The van der Waals surface area contributed by atoms with Gasteiger partial charge in [-0.3, -0.25) is 4.79 Å². The number of para-hydroxylation sites is 1. The number of amides is 1. The van der Waals surface area contributed by atoms with Crippen LogP contribution in [0.5, 0.6) is 11.5 Å². The Morgan fingerprint density at radius 3 is 2.80 bits per heavy atom. The number of rotatable bonds is 3. The third-order valence-corrected chi connectivity index (χ3v) is 5.30. The molecule has 0 aliphatic carbocycles. The largest absolute Gasteiger partial charge is 0.486 e. The van der Waals surface area contributed by atoms with Crippen LogP contribution >= 0.6 is 0 Å². The fourth-order valence-corrected chi connectivity index (χ4v) is 4.03. The van der Waals surface area contributed by atoms with Gasteiger partial charge in [0.1, 0.15) is 18.8 Å². The quantitative estimate of drug-likeness (QED) is 0.833. The van der Waals surface area contributed by atoms with Gasteiger partial charge < -0.3 is 24.0 Å². The maximum absolute atomic E-state index is 12.9. The van der Waals surface area contributed by atoms with Crippen molar-refractivity contribution in [2.75, 3.05) is 53.6 Å². The lowest BCUT2D eigenvalue weighted by molar-refractivity contribution is -0.168. The van der Waals surface area contributed by atoms with Gasteiger partial charge in [0.05, 0.1) is 25.3 Å². The average molecular weight is 346 g/mol. The van der Waals surface area contributed by atoms with Crippen LogP contribution in [0.2, 0.25) is 0 Å². The topological polar surface area (TPSA) is 51.2 Å². The highest BCUT2D eigenvalue weighted by molar-refractivity contribution is 5.98. The Balaban J connectivity index is 1.38. The minimum atomic E-state index is -0.134. The molecule has 3 aliphatic rings. The number of carbonyl (C=O) groups excluding carboxylic acids is 1. The van der Waals surface area contributed by atoms with Crippen molar-refractivity contribution in [3.63, 3.8) is 0 Å². The maximum Gasteiger partial charge on any atom is 0.257 e. The van der Waals surface area contributed by atoms with Gasteiger partial charge in [-0.1, -0.05) is 6.07 Å². The van der Waals surface area contributed by atoms with Gasteiger partial charge in [0.15, 0.2) is 11.5 Å². The predicted molar refractivity (Wildman–Crippen MR) is 93.3 cm³/mol. The van der Waals surface area contributed by atoms with Crippen molar-refractivity contribution >= 4 is 5.91 Å². The lowest BCUT2D eigenvalue weighted by Gasteiger charge is -2.53. The number of nitrogens with zero attached hydrogens (tertiary/aromatic N) is 2. The van der Waals surface area contributed by atoms with Crippen LogP contribution < -0.4 is 9.47 Å². The van der Waals surface area contributed by atoms with E-state index in [1.807, 2.05) is 23.1 Å². The summed E-state index contributed by atoms with van der Waals surface area (Å²) in [6.07, 6.45) is 2.19. The molecule has 0 aromatic heterocycles. The third kappa shape index (κ3) is 3.20. The number of likely N-dealkylation sites (tertiary alicyclic amines) is 1. The number of hydrogen-bond donors (Lipinski definition) is 0. The fourth-order valence-electron chi connectivity index (χ4n) is 4.03. The first-order chi connectivity index (χ1) is 12.1. The molecule has 3 heterocycles. The van der Waals surface area contributed by atoms with Crippen LogP contribution in [0, 0.1) is 5.92 Å². The van der Waals surface area contributed by atoms with Gasteiger partial charge in [-0.2, -0.15) is 0 Å². The highest BCUT2D eigenvalue weighted by Crippen LogP contribution is 2.39. The van der Waals surface area contributed by atoms with E-state index in [1.165, 1.54) is 0 Å². The van der Waals surface area contributed by atoms with Crippen molar-refractivity contribution in [2.45, 2.75) is 18.4 Å². The van der Waals surface area contributed by atoms with E-state index in [2.05, 4.69) is 19.0 Å². The lowest BCUT2D eigenvalue weighted by atomic mass is 9.82. The highest BCUT2D eigenvalue weighted by atomic mass is 16.6. The van der Waals surface area contributed by atoms with E-state index in [0.717, 1.165) is 26.0 Å². The summed E-state index contributed by atoms with van der Waals surface area (Å²) in [6, 6.07) is 5.51. The molecule has 2 fully saturated rings. The SMILES string of the molecule is CN(C)C[C@@H]1CCC2(CN(C(=O)c3cccc4c3OCCO4)C2)OC1. The number of fused-ring (bicyclic) bond motifs is 1. The van der Waals surface area contributed by atoms with Gasteiger partial charge in [-0.15, -0.1) is 0 Å². The van der Waals surface area contributed by atoms with E-state index in [1.54, 1.807) is 0 Å². The van der Waals surface area contributed by atoms with E-state index in [-0.39, 0.29) is 11.5 Å². The molecule has 0 radical (unpaired) electrons. The summed E-state index contributed by atoms with van der Waals surface area (Å²) in [7, 11) is 4.20. The minimum Gasteiger partial charge on any atom is -0.486 e. The molecule has 2 saturated heterocycles. The summed E-state index contributed by atoms with van der Waals surface area (Å²) in [4.78, 5) is 16.9. The van der Waals surface area contributed by atoms with Gasteiger partial charge in [0.2, 0.25) is 0 Å². The van der Waals surface area contributed by atoms with Gasteiger partial charge >= 0.3 is 0 Å². The smallest absolute Gasteiger partial charge is 0.257 e. The zero-order valence-electron chi connectivity index (χ0n) is 15.0. The van der Waals surface area contributed by atoms with Gasteiger partial charge in [-0.25, -0.2) is 0 Å². The van der Waals surface area contributed by atoms with Crippen LogP contribution in [-0.2, 0) is 4.74 Å². The molecule has 1 spiro atoms. The minimum absolute atomic E-state index is 0.00647. The zero-order chi connectivity index (χ0) is 17.4. The van der Waals surface area contributed by atoms with Crippen LogP contribution in [0.4, 0.5) is 0 Å². The summed E-state index contributed by atoms with van der Waals surface area (Å²) < 4.78 is 17.4. The first-order valence-electron chi connectivity index (χ1n) is 9.03. The Kier molecular flexibility index (Phi) is 4.33. The lowest BCUT2D eigenvalue weighted by Crippen LogP contribution is -2.66. The van der Waals surface area contributed by atoms with E-state index in [4.69, 9.17) is 14.2 Å². The van der Waals surface area contributed by atoms with Crippen LogP contribution in [0.3, 0.4) is 0 Å². The van der Waals surface area contributed by atoms with Crippen molar-refractivity contribution in [2.24, 2.45) is 5.92 Å².